The molecular weight excluding hydrogens is 246 g/mol. The summed E-state index contributed by atoms with van der Waals surface area (Å²) in [5.41, 5.74) is 1.08. The number of pyridine rings is 1. The molecule has 0 aliphatic carbocycles. The van der Waals surface area contributed by atoms with Crippen molar-refractivity contribution in [2.45, 2.75) is 6.92 Å². The zero-order valence-corrected chi connectivity index (χ0v) is 10.6. The molecular formula is C14H13NO4. The summed E-state index contributed by atoms with van der Waals surface area (Å²) in [6.07, 6.45) is 0. The summed E-state index contributed by atoms with van der Waals surface area (Å²) in [5, 5.41) is 9.88. The van der Waals surface area contributed by atoms with Gasteiger partial charge in [-0.2, -0.15) is 0 Å². The zero-order valence-electron chi connectivity index (χ0n) is 10.6. The highest BCUT2D eigenvalue weighted by molar-refractivity contribution is 5.91. The van der Waals surface area contributed by atoms with Crippen molar-refractivity contribution < 1.29 is 14.6 Å². The van der Waals surface area contributed by atoms with Gasteiger partial charge in [-0.05, 0) is 30.7 Å². The third kappa shape index (κ3) is 2.49. The van der Waals surface area contributed by atoms with Gasteiger partial charge in [-0.15, -0.1) is 0 Å². The number of aryl methyl sites for hydroxylation is 1. The number of methoxy groups -OCH3 is 1. The van der Waals surface area contributed by atoms with Crippen LogP contribution < -0.4 is 5.56 Å². The Bertz CT molecular complexity index is 688. The molecule has 0 fully saturated rings. The molecule has 5 nitrogen and oxygen atoms in total. The Morgan fingerprint density at radius 1 is 1.32 bits per heavy atom. The Kier molecular flexibility index (Phi) is 3.37. The number of aromatic hydroxyl groups is 1. The van der Waals surface area contributed by atoms with Crippen LogP contribution in [0.5, 0.6) is 5.75 Å². The second-order valence-electron chi connectivity index (χ2n) is 4.11. The van der Waals surface area contributed by atoms with Crippen LogP contribution in [0.3, 0.4) is 0 Å². The lowest BCUT2D eigenvalue weighted by Crippen LogP contribution is -2.10. The van der Waals surface area contributed by atoms with Crippen molar-refractivity contribution in [3.05, 3.63) is 51.9 Å². The molecule has 2 aromatic rings. The smallest absolute Gasteiger partial charge is 0.337 e. The highest BCUT2D eigenvalue weighted by Gasteiger charge is 2.13. The topological polar surface area (TPSA) is 79.4 Å². The van der Waals surface area contributed by atoms with E-state index in [0.29, 0.717) is 16.8 Å². The van der Waals surface area contributed by atoms with Gasteiger partial charge < -0.3 is 14.8 Å². The summed E-state index contributed by atoms with van der Waals surface area (Å²) in [6.45, 7) is 1.68. The summed E-state index contributed by atoms with van der Waals surface area (Å²) in [7, 11) is 1.28. The number of esters is 1. The van der Waals surface area contributed by atoms with Crippen LogP contribution in [-0.2, 0) is 4.74 Å². The van der Waals surface area contributed by atoms with Gasteiger partial charge >= 0.3 is 5.97 Å². The largest absolute Gasteiger partial charge is 0.507 e. The first-order valence-electron chi connectivity index (χ1n) is 5.64. The third-order valence-corrected chi connectivity index (χ3v) is 2.72. The minimum atomic E-state index is -0.495. The Hall–Kier alpha value is -2.56. The van der Waals surface area contributed by atoms with E-state index in [2.05, 4.69) is 9.72 Å². The van der Waals surface area contributed by atoms with Gasteiger partial charge in [-0.1, -0.05) is 12.1 Å². The molecule has 0 atom stereocenters. The molecule has 0 amide bonds. The van der Waals surface area contributed by atoms with E-state index in [0.717, 1.165) is 0 Å². The quantitative estimate of drug-likeness (QED) is 0.806. The number of H-pyrrole nitrogens is 1. The molecule has 0 radical (unpaired) electrons. The highest BCUT2D eigenvalue weighted by atomic mass is 16.5. The molecule has 2 rings (SSSR count). The van der Waals surface area contributed by atoms with Gasteiger partial charge in [-0.25, -0.2) is 4.79 Å². The maximum Gasteiger partial charge on any atom is 0.337 e. The normalized spacial score (nSPS) is 10.2. The highest BCUT2D eigenvalue weighted by Crippen LogP contribution is 2.26. The van der Waals surface area contributed by atoms with Crippen molar-refractivity contribution in [3.63, 3.8) is 0 Å². The Morgan fingerprint density at radius 3 is 2.68 bits per heavy atom. The van der Waals surface area contributed by atoms with Crippen LogP contribution in [-0.4, -0.2) is 23.2 Å². The fraction of sp³-hybridized carbons (Fsp3) is 0.143. The van der Waals surface area contributed by atoms with E-state index in [1.807, 2.05) is 0 Å². The second-order valence-corrected chi connectivity index (χ2v) is 4.11. The van der Waals surface area contributed by atoms with Crippen molar-refractivity contribution in [1.82, 2.24) is 4.98 Å². The van der Waals surface area contributed by atoms with Gasteiger partial charge in [0.2, 0.25) is 0 Å². The van der Waals surface area contributed by atoms with Gasteiger partial charge in [0.25, 0.3) is 5.56 Å². The Morgan fingerprint density at radius 2 is 2.05 bits per heavy atom. The Labute approximate surface area is 109 Å². The predicted molar refractivity (Wildman–Crippen MR) is 70.2 cm³/mol. The van der Waals surface area contributed by atoms with Crippen LogP contribution in [0.15, 0.2) is 35.1 Å². The van der Waals surface area contributed by atoms with Crippen molar-refractivity contribution >= 4 is 5.97 Å². The van der Waals surface area contributed by atoms with Crippen LogP contribution in [0, 0.1) is 6.92 Å². The number of aromatic nitrogens is 1. The fourth-order valence-electron chi connectivity index (χ4n) is 1.87. The lowest BCUT2D eigenvalue weighted by molar-refractivity contribution is 0.0601. The Balaban J connectivity index is 2.60. The molecule has 0 saturated carbocycles. The van der Waals surface area contributed by atoms with E-state index >= 15 is 0 Å². The van der Waals surface area contributed by atoms with Gasteiger partial charge in [0, 0.05) is 5.69 Å². The molecule has 0 unspecified atom stereocenters. The number of aromatic amines is 1. The molecule has 5 heteroatoms. The summed E-state index contributed by atoms with van der Waals surface area (Å²) in [5.74, 6) is -0.617. The standard InChI is InChI=1S/C14H13NO4/c1-8-6-11(16)12(13(17)15-8)9-4-3-5-10(7-9)14(18)19-2/h3-7H,1-2H3,(H2,15,16,17). The molecule has 1 aromatic carbocycles. The van der Waals surface area contributed by atoms with E-state index in [9.17, 15) is 14.7 Å². The zero-order chi connectivity index (χ0) is 14.0. The van der Waals surface area contributed by atoms with Crippen molar-refractivity contribution in [2.24, 2.45) is 0 Å². The molecule has 0 saturated heterocycles. The van der Waals surface area contributed by atoms with Crippen LogP contribution >= 0.6 is 0 Å². The van der Waals surface area contributed by atoms with E-state index < -0.39 is 11.5 Å². The summed E-state index contributed by atoms with van der Waals surface area (Å²) < 4.78 is 4.62. The van der Waals surface area contributed by atoms with Gasteiger partial charge in [0.05, 0.1) is 18.2 Å². The van der Waals surface area contributed by atoms with Crippen molar-refractivity contribution in [3.8, 4) is 16.9 Å². The summed E-state index contributed by atoms with van der Waals surface area (Å²) in [4.78, 5) is 25.9. The number of hydrogen-bond donors (Lipinski definition) is 2. The van der Waals surface area contributed by atoms with Gasteiger partial charge in [-0.3, -0.25) is 4.79 Å². The molecule has 0 aliphatic heterocycles. The first-order valence-corrected chi connectivity index (χ1v) is 5.64. The summed E-state index contributed by atoms with van der Waals surface area (Å²) >= 11 is 0. The van der Waals surface area contributed by atoms with E-state index in [1.165, 1.54) is 19.2 Å². The number of ether oxygens (including phenoxy) is 1. The number of benzene rings is 1. The first kappa shape index (κ1) is 12.9. The molecule has 2 N–H and O–H groups in total. The van der Waals surface area contributed by atoms with Crippen molar-refractivity contribution in [2.75, 3.05) is 7.11 Å². The number of rotatable bonds is 2. The molecule has 1 heterocycles. The lowest BCUT2D eigenvalue weighted by Gasteiger charge is -2.06. The molecule has 19 heavy (non-hydrogen) atoms. The minimum Gasteiger partial charge on any atom is -0.507 e. The molecule has 1 aromatic heterocycles. The maximum absolute atomic E-state index is 11.9. The molecule has 0 spiro atoms. The average molecular weight is 259 g/mol. The number of carbonyl (C=O) groups excluding carboxylic acids is 1. The van der Waals surface area contributed by atoms with Crippen LogP contribution in [0.1, 0.15) is 16.1 Å². The van der Waals surface area contributed by atoms with Crippen LogP contribution in [0.4, 0.5) is 0 Å². The lowest BCUT2D eigenvalue weighted by atomic mass is 10.0. The van der Waals surface area contributed by atoms with Crippen LogP contribution in [0.2, 0.25) is 0 Å². The maximum atomic E-state index is 11.9. The monoisotopic (exact) mass is 259 g/mol. The van der Waals surface area contributed by atoms with E-state index in [-0.39, 0.29) is 11.3 Å². The third-order valence-electron chi connectivity index (χ3n) is 2.72. The molecule has 98 valence electrons. The number of hydrogen-bond acceptors (Lipinski definition) is 4. The van der Waals surface area contributed by atoms with Crippen molar-refractivity contribution in [1.29, 1.82) is 0 Å². The predicted octanol–water partition coefficient (Wildman–Crippen LogP) is 1.84. The average Bonchev–Trinajstić information content (AvgIpc) is 2.37. The fourth-order valence-corrected chi connectivity index (χ4v) is 1.87. The number of nitrogens with one attached hydrogen (secondary N) is 1. The first-order chi connectivity index (χ1) is 9.02. The second kappa shape index (κ2) is 4.97. The van der Waals surface area contributed by atoms with Crippen LogP contribution in [0.25, 0.3) is 11.1 Å². The minimum absolute atomic E-state index is 0.122. The van der Waals surface area contributed by atoms with Gasteiger partial charge in [0.15, 0.2) is 0 Å². The molecule has 0 bridgehead atoms. The SMILES string of the molecule is COC(=O)c1cccc(-c2c(O)cc(C)[nH]c2=O)c1. The van der Waals surface area contributed by atoms with E-state index in [4.69, 9.17) is 0 Å². The molecule has 0 aliphatic rings. The van der Waals surface area contributed by atoms with Gasteiger partial charge in [0.1, 0.15) is 5.75 Å². The van der Waals surface area contributed by atoms with E-state index in [1.54, 1.807) is 25.1 Å². The summed E-state index contributed by atoms with van der Waals surface area (Å²) in [6, 6.07) is 7.81. The number of carbonyl (C=O) groups is 1.